The quantitative estimate of drug-likeness (QED) is 0.725. The van der Waals surface area contributed by atoms with Gasteiger partial charge < -0.3 is 15.3 Å². The minimum atomic E-state index is -0.609. The van der Waals surface area contributed by atoms with Crippen molar-refractivity contribution in [3.05, 3.63) is 35.6 Å². The van der Waals surface area contributed by atoms with Crippen LogP contribution in [0.15, 0.2) is 24.3 Å². The maximum absolute atomic E-state index is 12.8. The maximum Gasteiger partial charge on any atom is 0.311 e. The lowest BCUT2D eigenvalue weighted by atomic mass is 10.1. The van der Waals surface area contributed by atoms with E-state index < -0.39 is 11.8 Å². The molecule has 23 heavy (non-hydrogen) atoms. The first-order chi connectivity index (χ1) is 11.1. The van der Waals surface area contributed by atoms with Crippen molar-refractivity contribution >= 4 is 11.8 Å². The highest BCUT2D eigenvalue weighted by Crippen LogP contribution is 2.04. The molecule has 1 aromatic rings. The van der Waals surface area contributed by atoms with E-state index >= 15 is 0 Å². The molecule has 1 aliphatic rings. The highest BCUT2D eigenvalue weighted by molar-refractivity contribution is 6.35. The summed E-state index contributed by atoms with van der Waals surface area (Å²) >= 11 is 0. The largest absolute Gasteiger partial charge is 0.395 e. The van der Waals surface area contributed by atoms with Gasteiger partial charge in [-0.1, -0.05) is 12.1 Å². The summed E-state index contributed by atoms with van der Waals surface area (Å²) in [4.78, 5) is 27.5. The van der Waals surface area contributed by atoms with Crippen LogP contribution in [-0.4, -0.2) is 72.6 Å². The molecule has 126 valence electrons. The van der Waals surface area contributed by atoms with Crippen LogP contribution in [-0.2, 0) is 16.0 Å². The van der Waals surface area contributed by atoms with E-state index in [0.717, 1.165) is 5.56 Å². The molecule has 0 atom stereocenters. The predicted octanol–water partition coefficient (Wildman–Crippen LogP) is -0.379. The molecule has 2 N–H and O–H groups in total. The number of halogens is 1. The zero-order valence-electron chi connectivity index (χ0n) is 13.0. The lowest BCUT2D eigenvalue weighted by Gasteiger charge is -2.33. The van der Waals surface area contributed by atoms with Crippen LogP contribution in [0.5, 0.6) is 0 Å². The lowest BCUT2D eigenvalue weighted by molar-refractivity contribution is -0.147. The summed E-state index contributed by atoms with van der Waals surface area (Å²) in [6.07, 6.45) is 0.545. The molecule has 0 saturated carbocycles. The van der Waals surface area contributed by atoms with Crippen molar-refractivity contribution in [1.82, 2.24) is 15.1 Å². The first-order valence-corrected chi connectivity index (χ1v) is 7.75. The highest BCUT2D eigenvalue weighted by atomic mass is 19.1. The van der Waals surface area contributed by atoms with Crippen LogP contribution in [0.1, 0.15) is 5.56 Å². The van der Waals surface area contributed by atoms with Gasteiger partial charge >= 0.3 is 11.8 Å². The Morgan fingerprint density at radius 3 is 2.39 bits per heavy atom. The topological polar surface area (TPSA) is 72.9 Å². The predicted molar refractivity (Wildman–Crippen MR) is 83.2 cm³/mol. The summed E-state index contributed by atoms with van der Waals surface area (Å²) < 4.78 is 12.8. The van der Waals surface area contributed by atoms with Gasteiger partial charge in [0.1, 0.15) is 5.82 Å². The molecule has 0 aromatic heterocycles. The summed E-state index contributed by atoms with van der Waals surface area (Å²) in [7, 11) is 0. The minimum Gasteiger partial charge on any atom is -0.395 e. The van der Waals surface area contributed by atoms with Gasteiger partial charge in [-0.2, -0.15) is 0 Å². The fourth-order valence-corrected chi connectivity index (χ4v) is 2.51. The fraction of sp³-hybridized carbons (Fsp3) is 0.500. The molecular weight excluding hydrogens is 301 g/mol. The van der Waals surface area contributed by atoms with Gasteiger partial charge in [-0.3, -0.25) is 14.5 Å². The summed E-state index contributed by atoms with van der Waals surface area (Å²) in [5.74, 6) is -1.43. The van der Waals surface area contributed by atoms with Crippen molar-refractivity contribution in [2.75, 3.05) is 45.9 Å². The molecule has 0 unspecified atom stereocenters. The van der Waals surface area contributed by atoms with Gasteiger partial charge in [0.2, 0.25) is 0 Å². The number of rotatable bonds is 5. The minimum absolute atomic E-state index is 0.0951. The molecule has 2 rings (SSSR count). The van der Waals surface area contributed by atoms with Crippen molar-refractivity contribution in [1.29, 1.82) is 0 Å². The fourth-order valence-electron chi connectivity index (χ4n) is 2.51. The van der Waals surface area contributed by atoms with E-state index in [1.807, 2.05) is 0 Å². The lowest BCUT2D eigenvalue weighted by Crippen LogP contribution is -2.53. The second kappa shape index (κ2) is 8.59. The van der Waals surface area contributed by atoms with E-state index in [0.29, 0.717) is 45.7 Å². The Morgan fingerprint density at radius 1 is 1.13 bits per heavy atom. The molecule has 1 fully saturated rings. The molecule has 1 aromatic carbocycles. The number of benzene rings is 1. The van der Waals surface area contributed by atoms with Crippen LogP contribution in [0, 0.1) is 5.82 Å². The summed E-state index contributed by atoms with van der Waals surface area (Å²) in [6, 6.07) is 6.05. The Bertz CT molecular complexity index is 528. The molecule has 7 heteroatoms. The molecule has 0 spiro atoms. The third-order valence-corrected chi connectivity index (χ3v) is 3.88. The highest BCUT2D eigenvalue weighted by Gasteiger charge is 2.25. The number of piperazine rings is 1. The Kier molecular flexibility index (Phi) is 6.49. The SMILES string of the molecule is O=C(NCCc1ccc(F)cc1)C(=O)N1CCN(CCO)CC1. The van der Waals surface area contributed by atoms with Crippen LogP contribution >= 0.6 is 0 Å². The molecule has 0 aliphatic carbocycles. The molecule has 1 heterocycles. The third kappa shape index (κ3) is 5.30. The number of carbonyl (C=O) groups is 2. The van der Waals surface area contributed by atoms with Crippen LogP contribution in [0.2, 0.25) is 0 Å². The maximum atomic E-state index is 12.8. The second-order valence-electron chi connectivity index (χ2n) is 5.49. The molecule has 1 saturated heterocycles. The van der Waals surface area contributed by atoms with Crippen LogP contribution in [0.4, 0.5) is 4.39 Å². The normalized spacial score (nSPS) is 15.5. The van der Waals surface area contributed by atoms with Crippen LogP contribution in [0.3, 0.4) is 0 Å². The van der Waals surface area contributed by atoms with E-state index in [1.54, 1.807) is 12.1 Å². The van der Waals surface area contributed by atoms with Crippen molar-refractivity contribution in [2.45, 2.75) is 6.42 Å². The van der Waals surface area contributed by atoms with Gasteiger partial charge in [0.25, 0.3) is 0 Å². The number of nitrogens with zero attached hydrogens (tertiary/aromatic N) is 2. The number of carbonyl (C=O) groups excluding carboxylic acids is 2. The summed E-state index contributed by atoms with van der Waals surface area (Å²) in [6.45, 7) is 3.32. The van der Waals surface area contributed by atoms with Crippen LogP contribution < -0.4 is 5.32 Å². The molecule has 2 amide bonds. The molecule has 0 bridgehead atoms. The van der Waals surface area contributed by atoms with Crippen molar-refractivity contribution < 1.29 is 19.1 Å². The Morgan fingerprint density at radius 2 is 1.78 bits per heavy atom. The van der Waals surface area contributed by atoms with Crippen molar-refractivity contribution in [2.24, 2.45) is 0 Å². The summed E-state index contributed by atoms with van der Waals surface area (Å²) in [5, 5.41) is 11.5. The number of amides is 2. The standard InChI is InChI=1S/C16H22FN3O3/c17-14-3-1-13(2-4-14)5-6-18-15(22)16(23)20-9-7-19(8-10-20)11-12-21/h1-4,21H,5-12H2,(H,18,22). The Hall–Kier alpha value is -1.99. The molecule has 1 aliphatic heterocycles. The van der Waals surface area contributed by atoms with E-state index in [1.165, 1.54) is 17.0 Å². The number of nitrogens with one attached hydrogen (secondary N) is 1. The number of aliphatic hydroxyl groups excluding tert-OH is 1. The second-order valence-corrected chi connectivity index (χ2v) is 5.49. The van der Waals surface area contributed by atoms with E-state index in [2.05, 4.69) is 10.2 Å². The van der Waals surface area contributed by atoms with Gasteiger partial charge in [0.15, 0.2) is 0 Å². The Labute approximate surface area is 134 Å². The first kappa shape index (κ1) is 17.4. The zero-order chi connectivity index (χ0) is 16.7. The van der Waals surface area contributed by atoms with Gasteiger partial charge in [0.05, 0.1) is 6.61 Å². The van der Waals surface area contributed by atoms with E-state index in [4.69, 9.17) is 5.11 Å². The average Bonchev–Trinajstić information content (AvgIpc) is 2.57. The number of β-amino-alcohol motifs (C(OH)–C–C–N with tert-alkyl or cyclic N) is 1. The van der Waals surface area contributed by atoms with E-state index in [9.17, 15) is 14.0 Å². The number of hydrogen-bond acceptors (Lipinski definition) is 4. The zero-order valence-corrected chi connectivity index (χ0v) is 13.0. The smallest absolute Gasteiger partial charge is 0.311 e. The van der Waals surface area contributed by atoms with Crippen molar-refractivity contribution in [3.63, 3.8) is 0 Å². The number of aliphatic hydroxyl groups is 1. The molecular formula is C16H22FN3O3. The van der Waals surface area contributed by atoms with E-state index in [-0.39, 0.29) is 12.4 Å². The number of hydrogen-bond donors (Lipinski definition) is 2. The Balaban J connectivity index is 1.71. The van der Waals surface area contributed by atoms with Gasteiger partial charge in [-0.15, -0.1) is 0 Å². The third-order valence-electron chi connectivity index (χ3n) is 3.88. The average molecular weight is 323 g/mol. The monoisotopic (exact) mass is 323 g/mol. The molecule has 6 nitrogen and oxygen atoms in total. The van der Waals surface area contributed by atoms with Gasteiger partial charge in [-0.25, -0.2) is 4.39 Å². The van der Waals surface area contributed by atoms with Crippen molar-refractivity contribution in [3.8, 4) is 0 Å². The van der Waals surface area contributed by atoms with Gasteiger partial charge in [0, 0.05) is 39.3 Å². The summed E-state index contributed by atoms with van der Waals surface area (Å²) in [5.41, 5.74) is 0.900. The van der Waals surface area contributed by atoms with Gasteiger partial charge in [-0.05, 0) is 24.1 Å². The van der Waals surface area contributed by atoms with Crippen LogP contribution in [0.25, 0.3) is 0 Å². The first-order valence-electron chi connectivity index (χ1n) is 7.75. The molecule has 0 radical (unpaired) electrons.